The number of hydrogen-bond acceptors (Lipinski definition) is 3. The summed E-state index contributed by atoms with van der Waals surface area (Å²) in [7, 11) is 0. The second kappa shape index (κ2) is 9.50. The molecule has 4 nitrogen and oxygen atoms in total. The van der Waals surface area contributed by atoms with Gasteiger partial charge in [0, 0.05) is 19.5 Å². The molecule has 0 atom stereocenters. The summed E-state index contributed by atoms with van der Waals surface area (Å²) in [5.74, 6) is 0.0737. The molecular weight excluding hydrogens is 250 g/mol. The first kappa shape index (κ1) is 16.7. The normalized spacial score (nSPS) is 10.8. The van der Waals surface area contributed by atoms with Gasteiger partial charge in [-0.2, -0.15) is 0 Å². The van der Waals surface area contributed by atoms with Crippen molar-refractivity contribution < 1.29 is 4.79 Å². The first-order chi connectivity index (χ1) is 9.69. The molecule has 0 saturated heterocycles. The average molecular weight is 277 g/mol. The Balaban J connectivity index is 2.49. The van der Waals surface area contributed by atoms with Gasteiger partial charge in [0.1, 0.15) is 0 Å². The van der Waals surface area contributed by atoms with E-state index >= 15 is 0 Å². The van der Waals surface area contributed by atoms with Crippen LogP contribution in [0.15, 0.2) is 24.3 Å². The Hall–Kier alpha value is -1.39. The average Bonchev–Trinajstić information content (AvgIpc) is 2.49. The summed E-state index contributed by atoms with van der Waals surface area (Å²) < 4.78 is 0. The third-order valence-corrected chi connectivity index (χ3v) is 3.39. The molecule has 0 fully saturated rings. The molecule has 4 heteroatoms. The summed E-state index contributed by atoms with van der Waals surface area (Å²) in [6, 6.07) is 8.41. The number of benzene rings is 1. The first-order valence-electron chi connectivity index (χ1n) is 7.46. The summed E-state index contributed by atoms with van der Waals surface area (Å²) in [5.41, 5.74) is 7.83. The van der Waals surface area contributed by atoms with E-state index in [-0.39, 0.29) is 5.91 Å². The lowest BCUT2D eigenvalue weighted by molar-refractivity contribution is -0.121. The van der Waals surface area contributed by atoms with Gasteiger partial charge in [0.2, 0.25) is 5.91 Å². The molecule has 0 aliphatic carbocycles. The van der Waals surface area contributed by atoms with Crippen molar-refractivity contribution in [2.24, 2.45) is 5.73 Å². The van der Waals surface area contributed by atoms with E-state index in [1.165, 1.54) is 5.56 Å². The van der Waals surface area contributed by atoms with E-state index in [0.717, 1.165) is 31.6 Å². The Labute approximate surface area is 122 Å². The number of rotatable bonds is 9. The van der Waals surface area contributed by atoms with Gasteiger partial charge in [-0.15, -0.1) is 0 Å². The van der Waals surface area contributed by atoms with E-state index in [1.807, 2.05) is 0 Å². The van der Waals surface area contributed by atoms with Gasteiger partial charge in [-0.3, -0.25) is 9.69 Å². The predicted octanol–water partition coefficient (Wildman–Crippen LogP) is 1.88. The van der Waals surface area contributed by atoms with E-state index in [1.54, 1.807) is 0 Å². The van der Waals surface area contributed by atoms with Crippen LogP contribution < -0.4 is 11.1 Å². The molecule has 1 rings (SSSR count). The Morgan fingerprint density at radius 3 is 2.60 bits per heavy atom. The second-order valence-corrected chi connectivity index (χ2v) is 4.95. The highest BCUT2D eigenvalue weighted by Crippen LogP contribution is 2.08. The van der Waals surface area contributed by atoms with Crippen LogP contribution in [-0.2, 0) is 17.9 Å². The fourth-order valence-electron chi connectivity index (χ4n) is 2.10. The SMILES string of the molecule is CCN(CC)Cc1cccc(CNC(=O)CCCN)c1. The lowest BCUT2D eigenvalue weighted by Gasteiger charge is -2.18. The monoisotopic (exact) mass is 277 g/mol. The molecule has 0 aliphatic heterocycles. The van der Waals surface area contributed by atoms with Crippen LogP contribution in [0.2, 0.25) is 0 Å². The predicted molar refractivity (Wildman–Crippen MR) is 83.2 cm³/mol. The van der Waals surface area contributed by atoms with Gasteiger partial charge < -0.3 is 11.1 Å². The van der Waals surface area contributed by atoms with Crippen LogP contribution in [0.1, 0.15) is 37.8 Å². The van der Waals surface area contributed by atoms with Crippen LogP contribution in [0.25, 0.3) is 0 Å². The van der Waals surface area contributed by atoms with Gasteiger partial charge in [0.05, 0.1) is 0 Å². The second-order valence-electron chi connectivity index (χ2n) is 4.95. The highest BCUT2D eigenvalue weighted by molar-refractivity contribution is 5.75. The Bertz CT molecular complexity index is 402. The van der Waals surface area contributed by atoms with Crippen LogP contribution in [0.3, 0.4) is 0 Å². The Morgan fingerprint density at radius 2 is 1.95 bits per heavy atom. The zero-order chi connectivity index (χ0) is 14.8. The minimum absolute atomic E-state index is 0.0737. The van der Waals surface area contributed by atoms with Crippen LogP contribution in [0.5, 0.6) is 0 Å². The quantitative estimate of drug-likeness (QED) is 0.724. The van der Waals surface area contributed by atoms with Gasteiger partial charge in [0.15, 0.2) is 0 Å². The molecule has 0 aromatic heterocycles. The molecular formula is C16H27N3O. The molecule has 0 radical (unpaired) electrons. The van der Waals surface area contributed by atoms with E-state index in [4.69, 9.17) is 5.73 Å². The molecule has 0 heterocycles. The third kappa shape index (κ3) is 6.17. The smallest absolute Gasteiger partial charge is 0.220 e. The molecule has 0 spiro atoms. The number of nitrogens with one attached hydrogen (secondary N) is 1. The molecule has 0 bridgehead atoms. The van der Waals surface area contributed by atoms with Crippen LogP contribution in [0.4, 0.5) is 0 Å². The molecule has 20 heavy (non-hydrogen) atoms. The number of carbonyl (C=O) groups excluding carboxylic acids is 1. The number of nitrogens with two attached hydrogens (primary N) is 1. The highest BCUT2D eigenvalue weighted by Gasteiger charge is 2.03. The van der Waals surface area contributed by atoms with Gasteiger partial charge in [0.25, 0.3) is 0 Å². The molecule has 1 aromatic rings. The van der Waals surface area contributed by atoms with Crippen molar-refractivity contribution in [3.63, 3.8) is 0 Å². The summed E-state index contributed by atoms with van der Waals surface area (Å²) in [6.07, 6.45) is 1.25. The zero-order valence-electron chi connectivity index (χ0n) is 12.7. The van der Waals surface area contributed by atoms with Crippen LogP contribution >= 0.6 is 0 Å². The molecule has 0 aliphatic rings. The van der Waals surface area contributed by atoms with E-state index in [2.05, 4.69) is 48.3 Å². The molecule has 112 valence electrons. The van der Waals surface area contributed by atoms with Crippen LogP contribution in [0, 0.1) is 0 Å². The summed E-state index contributed by atoms with van der Waals surface area (Å²) in [5, 5.41) is 2.93. The molecule has 0 unspecified atom stereocenters. The highest BCUT2D eigenvalue weighted by atomic mass is 16.1. The van der Waals surface area contributed by atoms with Crippen molar-refractivity contribution in [3.8, 4) is 0 Å². The Kier molecular flexibility index (Phi) is 7.92. The lowest BCUT2D eigenvalue weighted by atomic mass is 10.1. The van der Waals surface area contributed by atoms with Gasteiger partial charge >= 0.3 is 0 Å². The summed E-state index contributed by atoms with van der Waals surface area (Å²) in [4.78, 5) is 13.9. The third-order valence-electron chi connectivity index (χ3n) is 3.39. The fraction of sp³-hybridized carbons (Fsp3) is 0.562. The fourth-order valence-corrected chi connectivity index (χ4v) is 2.10. The minimum Gasteiger partial charge on any atom is -0.352 e. The number of hydrogen-bond donors (Lipinski definition) is 2. The van der Waals surface area contributed by atoms with E-state index in [0.29, 0.717) is 19.5 Å². The summed E-state index contributed by atoms with van der Waals surface area (Å²) in [6.45, 7) is 8.56. The van der Waals surface area contributed by atoms with E-state index in [9.17, 15) is 4.79 Å². The van der Waals surface area contributed by atoms with Crippen molar-refractivity contribution in [2.45, 2.75) is 39.8 Å². The van der Waals surface area contributed by atoms with Crippen molar-refractivity contribution in [1.29, 1.82) is 0 Å². The van der Waals surface area contributed by atoms with Crippen molar-refractivity contribution in [2.75, 3.05) is 19.6 Å². The van der Waals surface area contributed by atoms with Gasteiger partial charge in [-0.1, -0.05) is 38.1 Å². The lowest BCUT2D eigenvalue weighted by Crippen LogP contribution is -2.24. The maximum Gasteiger partial charge on any atom is 0.220 e. The molecule has 1 aromatic carbocycles. The molecule has 3 N–H and O–H groups in total. The molecule has 1 amide bonds. The van der Waals surface area contributed by atoms with Crippen molar-refractivity contribution in [3.05, 3.63) is 35.4 Å². The zero-order valence-corrected chi connectivity index (χ0v) is 12.7. The van der Waals surface area contributed by atoms with Crippen LogP contribution in [-0.4, -0.2) is 30.4 Å². The number of nitrogens with zero attached hydrogens (tertiary/aromatic N) is 1. The number of carbonyl (C=O) groups is 1. The Morgan fingerprint density at radius 1 is 1.25 bits per heavy atom. The standard InChI is InChI=1S/C16H27N3O/c1-3-19(4-2)13-15-8-5-7-14(11-15)12-18-16(20)9-6-10-17/h5,7-8,11H,3-4,6,9-10,12-13,17H2,1-2H3,(H,18,20). The topological polar surface area (TPSA) is 58.4 Å². The van der Waals surface area contributed by atoms with Crippen molar-refractivity contribution in [1.82, 2.24) is 10.2 Å². The van der Waals surface area contributed by atoms with Gasteiger partial charge in [-0.05, 0) is 37.2 Å². The van der Waals surface area contributed by atoms with E-state index < -0.39 is 0 Å². The number of amides is 1. The maximum atomic E-state index is 11.6. The van der Waals surface area contributed by atoms with Crippen molar-refractivity contribution >= 4 is 5.91 Å². The van der Waals surface area contributed by atoms with Gasteiger partial charge in [-0.25, -0.2) is 0 Å². The minimum atomic E-state index is 0.0737. The first-order valence-corrected chi connectivity index (χ1v) is 7.46. The summed E-state index contributed by atoms with van der Waals surface area (Å²) >= 11 is 0. The largest absolute Gasteiger partial charge is 0.352 e. The molecule has 0 saturated carbocycles. The maximum absolute atomic E-state index is 11.6.